The molecule has 0 amide bonds. The molecular weight excluding hydrogens is 195 g/mol. The Hall–Kier alpha value is -1.75. The lowest BCUT2D eigenvalue weighted by atomic mass is 10.2. The quantitative estimate of drug-likeness (QED) is 0.818. The van der Waals surface area contributed by atoms with Gasteiger partial charge in [-0.1, -0.05) is 0 Å². The number of halogens is 1. The summed E-state index contributed by atoms with van der Waals surface area (Å²) in [5.74, 6) is 0.368. The van der Waals surface area contributed by atoms with E-state index in [2.05, 4.69) is 15.3 Å². The van der Waals surface area contributed by atoms with Crippen molar-refractivity contribution in [3.05, 3.63) is 42.4 Å². The molecule has 0 aliphatic heterocycles. The van der Waals surface area contributed by atoms with Gasteiger partial charge in [-0.25, -0.2) is 14.4 Å². The minimum absolute atomic E-state index is 0.330. The van der Waals surface area contributed by atoms with Gasteiger partial charge in [-0.05, 0) is 13.1 Å². The van der Waals surface area contributed by atoms with E-state index in [9.17, 15) is 4.39 Å². The lowest BCUT2D eigenvalue weighted by molar-refractivity contribution is 0.614. The van der Waals surface area contributed by atoms with Crippen molar-refractivity contribution in [3.63, 3.8) is 0 Å². The first-order valence-electron chi connectivity index (χ1n) is 4.58. The number of imidazole rings is 1. The van der Waals surface area contributed by atoms with Crippen LogP contribution in [0.5, 0.6) is 0 Å². The average Bonchev–Trinajstić information content (AvgIpc) is 2.71. The lowest BCUT2D eigenvalue weighted by Gasteiger charge is -2.08. The summed E-state index contributed by atoms with van der Waals surface area (Å²) in [6.07, 6.45) is 6.28. The zero-order chi connectivity index (χ0) is 10.7. The normalized spacial score (nSPS) is 10.5. The minimum Gasteiger partial charge on any atom is -0.316 e. The van der Waals surface area contributed by atoms with E-state index in [0.717, 1.165) is 5.56 Å². The highest BCUT2D eigenvalue weighted by atomic mass is 19.1. The highest BCUT2D eigenvalue weighted by molar-refractivity contribution is 5.33. The van der Waals surface area contributed by atoms with Crippen LogP contribution in [0.15, 0.2) is 31.0 Å². The van der Waals surface area contributed by atoms with Gasteiger partial charge in [-0.2, -0.15) is 0 Å². The Kier molecular flexibility index (Phi) is 2.73. The molecule has 0 spiro atoms. The van der Waals surface area contributed by atoms with Crippen LogP contribution in [0.1, 0.15) is 5.56 Å². The highest BCUT2D eigenvalue weighted by Crippen LogP contribution is 2.12. The standard InChI is InChI=1S/C10H11FN4/c1-12-5-8-4-9(11)6-14-10(8)15-3-2-13-7-15/h2-4,6-7,12H,5H2,1H3. The van der Waals surface area contributed by atoms with Gasteiger partial charge in [0.1, 0.15) is 18.0 Å². The third-order valence-corrected chi connectivity index (χ3v) is 2.03. The van der Waals surface area contributed by atoms with Crippen LogP contribution in [0, 0.1) is 5.82 Å². The fourth-order valence-electron chi connectivity index (χ4n) is 1.41. The second-order valence-electron chi connectivity index (χ2n) is 3.14. The second-order valence-corrected chi connectivity index (χ2v) is 3.14. The van der Waals surface area contributed by atoms with Crippen LogP contribution in [0.2, 0.25) is 0 Å². The smallest absolute Gasteiger partial charge is 0.142 e. The predicted molar refractivity (Wildman–Crippen MR) is 54.1 cm³/mol. The van der Waals surface area contributed by atoms with E-state index in [1.54, 1.807) is 23.3 Å². The molecule has 0 aromatic carbocycles. The van der Waals surface area contributed by atoms with Crippen LogP contribution in [-0.2, 0) is 6.54 Å². The molecule has 0 aliphatic rings. The first-order valence-corrected chi connectivity index (χ1v) is 4.58. The first kappa shape index (κ1) is 9.79. The van der Waals surface area contributed by atoms with Crippen molar-refractivity contribution in [2.45, 2.75) is 6.54 Å². The third-order valence-electron chi connectivity index (χ3n) is 2.03. The summed E-state index contributed by atoms with van der Waals surface area (Å²) >= 11 is 0. The Morgan fingerprint density at radius 3 is 3.07 bits per heavy atom. The van der Waals surface area contributed by atoms with Crippen molar-refractivity contribution in [3.8, 4) is 5.82 Å². The third kappa shape index (κ3) is 2.02. The number of hydrogen-bond acceptors (Lipinski definition) is 3. The average molecular weight is 206 g/mol. The fraction of sp³-hybridized carbons (Fsp3) is 0.200. The van der Waals surface area contributed by atoms with Crippen LogP contribution < -0.4 is 5.32 Å². The summed E-state index contributed by atoms with van der Waals surface area (Å²) in [5.41, 5.74) is 0.801. The molecule has 0 bridgehead atoms. The van der Waals surface area contributed by atoms with Gasteiger partial charge in [0.25, 0.3) is 0 Å². The number of aromatic nitrogens is 3. The van der Waals surface area contributed by atoms with Gasteiger partial charge in [0.05, 0.1) is 6.20 Å². The molecule has 2 rings (SSSR count). The maximum atomic E-state index is 13.0. The Bertz CT molecular complexity index is 439. The second kappa shape index (κ2) is 4.18. The number of hydrogen-bond donors (Lipinski definition) is 1. The Labute approximate surface area is 86.8 Å². The maximum absolute atomic E-state index is 13.0. The van der Waals surface area contributed by atoms with E-state index >= 15 is 0 Å². The molecule has 0 atom stereocenters. The van der Waals surface area contributed by atoms with E-state index in [4.69, 9.17) is 0 Å². The van der Waals surface area contributed by atoms with Crippen molar-refractivity contribution in [2.75, 3.05) is 7.05 Å². The minimum atomic E-state index is -0.330. The topological polar surface area (TPSA) is 42.7 Å². The number of nitrogens with one attached hydrogen (secondary N) is 1. The molecule has 2 aromatic rings. The molecule has 0 aliphatic carbocycles. The molecule has 15 heavy (non-hydrogen) atoms. The van der Waals surface area contributed by atoms with Crippen molar-refractivity contribution >= 4 is 0 Å². The summed E-state index contributed by atoms with van der Waals surface area (Å²) in [6, 6.07) is 1.47. The number of rotatable bonds is 3. The summed E-state index contributed by atoms with van der Waals surface area (Å²) in [5, 5.41) is 2.97. The SMILES string of the molecule is CNCc1cc(F)cnc1-n1ccnc1. The van der Waals surface area contributed by atoms with Crippen LogP contribution in [-0.4, -0.2) is 21.6 Å². The molecule has 4 nitrogen and oxygen atoms in total. The molecule has 2 aromatic heterocycles. The molecule has 1 N–H and O–H groups in total. The van der Waals surface area contributed by atoms with Gasteiger partial charge in [-0.15, -0.1) is 0 Å². The Balaban J connectivity index is 2.46. The molecule has 2 heterocycles. The molecular formula is C10H11FN4. The molecule has 0 saturated heterocycles. The Morgan fingerprint density at radius 1 is 1.53 bits per heavy atom. The summed E-state index contributed by atoms with van der Waals surface area (Å²) in [6.45, 7) is 0.568. The fourth-order valence-corrected chi connectivity index (χ4v) is 1.41. The lowest BCUT2D eigenvalue weighted by Crippen LogP contribution is -2.10. The highest BCUT2D eigenvalue weighted by Gasteiger charge is 2.06. The Morgan fingerprint density at radius 2 is 2.40 bits per heavy atom. The molecule has 78 valence electrons. The van der Waals surface area contributed by atoms with E-state index < -0.39 is 0 Å². The van der Waals surface area contributed by atoms with Gasteiger partial charge in [0.15, 0.2) is 0 Å². The van der Waals surface area contributed by atoms with E-state index in [1.807, 2.05) is 7.05 Å². The number of pyridine rings is 1. The van der Waals surface area contributed by atoms with Crippen molar-refractivity contribution in [1.82, 2.24) is 19.9 Å². The summed E-state index contributed by atoms with van der Waals surface area (Å²) in [4.78, 5) is 7.98. The maximum Gasteiger partial charge on any atom is 0.142 e. The van der Waals surface area contributed by atoms with E-state index in [-0.39, 0.29) is 5.82 Å². The van der Waals surface area contributed by atoms with Crippen molar-refractivity contribution in [2.24, 2.45) is 0 Å². The van der Waals surface area contributed by atoms with Gasteiger partial charge < -0.3 is 5.32 Å². The molecule has 0 fully saturated rings. The van der Waals surface area contributed by atoms with Gasteiger partial charge >= 0.3 is 0 Å². The monoisotopic (exact) mass is 206 g/mol. The van der Waals surface area contributed by atoms with Crippen molar-refractivity contribution in [1.29, 1.82) is 0 Å². The molecule has 0 radical (unpaired) electrons. The zero-order valence-electron chi connectivity index (χ0n) is 8.31. The van der Waals surface area contributed by atoms with Crippen LogP contribution in [0.4, 0.5) is 4.39 Å². The summed E-state index contributed by atoms with van der Waals surface area (Å²) in [7, 11) is 1.81. The van der Waals surface area contributed by atoms with Gasteiger partial charge in [0.2, 0.25) is 0 Å². The van der Waals surface area contributed by atoms with E-state index in [1.165, 1.54) is 12.3 Å². The van der Waals surface area contributed by atoms with Gasteiger partial charge in [0, 0.05) is 24.5 Å². The number of nitrogens with zero attached hydrogens (tertiary/aromatic N) is 3. The summed E-state index contributed by atoms with van der Waals surface area (Å²) < 4.78 is 14.8. The van der Waals surface area contributed by atoms with Crippen molar-refractivity contribution < 1.29 is 4.39 Å². The van der Waals surface area contributed by atoms with Crippen LogP contribution in [0.3, 0.4) is 0 Å². The molecule has 0 saturated carbocycles. The van der Waals surface area contributed by atoms with Crippen LogP contribution >= 0.6 is 0 Å². The first-order chi connectivity index (χ1) is 7.31. The largest absolute Gasteiger partial charge is 0.316 e. The molecule has 0 unspecified atom stereocenters. The van der Waals surface area contributed by atoms with Crippen LogP contribution in [0.25, 0.3) is 5.82 Å². The zero-order valence-corrected chi connectivity index (χ0v) is 8.31. The van der Waals surface area contributed by atoms with Gasteiger partial charge in [-0.3, -0.25) is 4.57 Å². The van der Waals surface area contributed by atoms with E-state index in [0.29, 0.717) is 12.4 Å². The molecule has 5 heteroatoms. The predicted octanol–water partition coefficient (Wildman–Crippen LogP) is 1.13.